The summed E-state index contributed by atoms with van der Waals surface area (Å²) in [6.07, 6.45) is 1.14. The summed E-state index contributed by atoms with van der Waals surface area (Å²) in [5, 5.41) is 4.48. The summed E-state index contributed by atoms with van der Waals surface area (Å²) < 4.78 is 7.66. The highest BCUT2D eigenvalue weighted by Gasteiger charge is 2.24. The minimum atomic E-state index is 0.0885. The van der Waals surface area contributed by atoms with Gasteiger partial charge in [-0.05, 0) is 19.4 Å². The van der Waals surface area contributed by atoms with Crippen LogP contribution in [0, 0.1) is 0 Å². The van der Waals surface area contributed by atoms with E-state index in [0.717, 1.165) is 38.4 Å². The number of nitrogens with zero attached hydrogens (tertiary/aromatic N) is 3. The molecule has 1 aliphatic rings. The van der Waals surface area contributed by atoms with Gasteiger partial charge in [0.2, 0.25) is 0 Å². The Labute approximate surface area is 109 Å². The molecule has 2 unspecified atom stereocenters. The Morgan fingerprint density at radius 2 is 2.39 bits per heavy atom. The molecule has 0 aromatic carbocycles. The van der Waals surface area contributed by atoms with Gasteiger partial charge in [-0.25, -0.2) is 0 Å². The van der Waals surface area contributed by atoms with E-state index in [9.17, 15) is 0 Å². The lowest BCUT2D eigenvalue weighted by atomic mass is 10.1. The molecule has 1 saturated heterocycles. The van der Waals surface area contributed by atoms with Crippen molar-refractivity contribution in [3.63, 3.8) is 0 Å². The lowest BCUT2D eigenvalue weighted by Gasteiger charge is -2.34. The number of morpholine rings is 1. The third-order valence-electron chi connectivity index (χ3n) is 3.54. The predicted molar refractivity (Wildman–Crippen MR) is 71.3 cm³/mol. The summed E-state index contributed by atoms with van der Waals surface area (Å²) in [7, 11) is 2.01. The van der Waals surface area contributed by atoms with Gasteiger partial charge in [-0.2, -0.15) is 5.10 Å². The fraction of sp³-hybridized carbons (Fsp3) is 0.769. The highest BCUT2D eigenvalue weighted by molar-refractivity contribution is 5.10. The molecule has 2 heterocycles. The molecule has 2 rings (SSSR count). The Morgan fingerprint density at radius 1 is 1.61 bits per heavy atom. The van der Waals surface area contributed by atoms with Crippen LogP contribution in [-0.2, 0) is 24.8 Å². The Balaban J connectivity index is 1.98. The van der Waals surface area contributed by atoms with E-state index < -0.39 is 0 Å². The van der Waals surface area contributed by atoms with Gasteiger partial charge in [0.1, 0.15) is 0 Å². The van der Waals surface area contributed by atoms with Crippen molar-refractivity contribution in [3.05, 3.63) is 17.5 Å². The van der Waals surface area contributed by atoms with E-state index in [1.165, 1.54) is 5.69 Å². The number of aromatic nitrogens is 2. The molecule has 0 spiro atoms. The van der Waals surface area contributed by atoms with E-state index in [4.69, 9.17) is 10.5 Å². The highest BCUT2D eigenvalue weighted by atomic mass is 16.5. The quantitative estimate of drug-likeness (QED) is 0.849. The average molecular weight is 252 g/mol. The number of hydrogen-bond donors (Lipinski definition) is 1. The topological polar surface area (TPSA) is 56.3 Å². The van der Waals surface area contributed by atoms with Crippen LogP contribution in [0.4, 0.5) is 0 Å². The smallest absolute Gasteiger partial charge is 0.0850 e. The first-order valence-corrected chi connectivity index (χ1v) is 6.71. The molecule has 0 saturated carbocycles. The van der Waals surface area contributed by atoms with E-state index in [0.29, 0.717) is 0 Å². The minimum absolute atomic E-state index is 0.0885. The van der Waals surface area contributed by atoms with Gasteiger partial charge in [0, 0.05) is 32.7 Å². The third kappa shape index (κ3) is 3.10. The van der Waals surface area contributed by atoms with Crippen molar-refractivity contribution < 1.29 is 4.74 Å². The van der Waals surface area contributed by atoms with Crippen LogP contribution in [0.2, 0.25) is 0 Å². The SMILES string of the molecule is CCc1cc(CN2CCOC(C(C)N)C2)n(C)n1. The van der Waals surface area contributed by atoms with Crippen LogP contribution in [0.3, 0.4) is 0 Å². The Kier molecular flexibility index (Phi) is 4.37. The van der Waals surface area contributed by atoms with Gasteiger partial charge in [0.15, 0.2) is 0 Å². The maximum atomic E-state index is 5.91. The van der Waals surface area contributed by atoms with Gasteiger partial charge in [-0.3, -0.25) is 9.58 Å². The standard InChI is InChI=1S/C13H24N4O/c1-4-11-7-12(16(3)15-11)8-17-5-6-18-13(9-17)10(2)14/h7,10,13H,4-6,8-9,14H2,1-3H3. The second-order valence-corrected chi connectivity index (χ2v) is 5.11. The molecule has 18 heavy (non-hydrogen) atoms. The molecule has 0 radical (unpaired) electrons. The van der Waals surface area contributed by atoms with Crippen molar-refractivity contribution in [3.8, 4) is 0 Å². The van der Waals surface area contributed by atoms with Crippen LogP contribution in [0.1, 0.15) is 25.2 Å². The lowest BCUT2D eigenvalue weighted by molar-refractivity contribution is -0.0409. The molecule has 0 aliphatic carbocycles. The number of nitrogens with two attached hydrogens (primary N) is 1. The Morgan fingerprint density at radius 3 is 3.00 bits per heavy atom. The summed E-state index contributed by atoms with van der Waals surface area (Å²) in [6.45, 7) is 7.71. The van der Waals surface area contributed by atoms with Crippen molar-refractivity contribution in [1.29, 1.82) is 0 Å². The van der Waals surface area contributed by atoms with E-state index in [2.05, 4.69) is 23.0 Å². The number of ether oxygens (including phenoxy) is 1. The number of hydrogen-bond acceptors (Lipinski definition) is 4. The zero-order valence-corrected chi connectivity index (χ0v) is 11.6. The molecule has 1 aromatic rings. The number of rotatable bonds is 4. The van der Waals surface area contributed by atoms with Gasteiger partial charge in [0.05, 0.1) is 24.1 Å². The fourth-order valence-corrected chi connectivity index (χ4v) is 2.31. The molecule has 1 fully saturated rings. The zero-order chi connectivity index (χ0) is 13.1. The molecule has 5 nitrogen and oxygen atoms in total. The van der Waals surface area contributed by atoms with Crippen LogP contribution in [0.25, 0.3) is 0 Å². The van der Waals surface area contributed by atoms with E-state index in [1.807, 2.05) is 18.7 Å². The molecular weight excluding hydrogens is 228 g/mol. The van der Waals surface area contributed by atoms with Gasteiger partial charge < -0.3 is 10.5 Å². The van der Waals surface area contributed by atoms with Gasteiger partial charge in [-0.15, -0.1) is 0 Å². The summed E-state index contributed by atoms with van der Waals surface area (Å²) >= 11 is 0. The maximum Gasteiger partial charge on any atom is 0.0850 e. The van der Waals surface area contributed by atoms with Gasteiger partial charge in [-0.1, -0.05) is 6.92 Å². The van der Waals surface area contributed by atoms with Crippen molar-refractivity contribution in [1.82, 2.24) is 14.7 Å². The molecule has 1 aromatic heterocycles. The monoisotopic (exact) mass is 252 g/mol. The lowest BCUT2D eigenvalue weighted by Crippen LogP contribution is -2.49. The van der Waals surface area contributed by atoms with E-state index >= 15 is 0 Å². The highest BCUT2D eigenvalue weighted by Crippen LogP contribution is 2.13. The second kappa shape index (κ2) is 5.82. The summed E-state index contributed by atoms with van der Waals surface area (Å²) in [5.41, 5.74) is 8.33. The van der Waals surface area contributed by atoms with Crippen molar-refractivity contribution in [2.75, 3.05) is 19.7 Å². The maximum absolute atomic E-state index is 5.91. The van der Waals surface area contributed by atoms with Gasteiger partial charge >= 0.3 is 0 Å². The van der Waals surface area contributed by atoms with Crippen molar-refractivity contribution in [2.24, 2.45) is 12.8 Å². The van der Waals surface area contributed by atoms with Crippen LogP contribution in [-0.4, -0.2) is 46.5 Å². The minimum Gasteiger partial charge on any atom is -0.374 e. The van der Waals surface area contributed by atoms with Crippen LogP contribution < -0.4 is 5.73 Å². The molecule has 0 bridgehead atoms. The molecule has 5 heteroatoms. The first kappa shape index (κ1) is 13.5. The Hall–Kier alpha value is -0.910. The molecule has 102 valence electrons. The second-order valence-electron chi connectivity index (χ2n) is 5.11. The molecule has 0 amide bonds. The molecule has 2 atom stereocenters. The predicted octanol–water partition coefficient (Wildman–Crippen LogP) is 0.531. The van der Waals surface area contributed by atoms with E-state index in [1.54, 1.807) is 0 Å². The van der Waals surface area contributed by atoms with Crippen LogP contribution >= 0.6 is 0 Å². The summed E-state index contributed by atoms with van der Waals surface area (Å²) in [6, 6.07) is 2.28. The van der Waals surface area contributed by atoms with Crippen LogP contribution in [0.15, 0.2) is 6.07 Å². The normalized spacial score (nSPS) is 23.2. The first-order valence-electron chi connectivity index (χ1n) is 6.71. The van der Waals surface area contributed by atoms with Gasteiger partial charge in [0.25, 0.3) is 0 Å². The number of aryl methyl sites for hydroxylation is 2. The zero-order valence-electron chi connectivity index (χ0n) is 11.6. The third-order valence-corrected chi connectivity index (χ3v) is 3.54. The van der Waals surface area contributed by atoms with Crippen molar-refractivity contribution >= 4 is 0 Å². The largest absolute Gasteiger partial charge is 0.374 e. The fourth-order valence-electron chi connectivity index (χ4n) is 2.31. The van der Waals surface area contributed by atoms with E-state index in [-0.39, 0.29) is 12.1 Å². The summed E-state index contributed by atoms with van der Waals surface area (Å²) in [5.74, 6) is 0. The van der Waals surface area contributed by atoms with Crippen LogP contribution in [0.5, 0.6) is 0 Å². The Bertz CT molecular complexity index is 388. The molecule has 2 N–H and O–H groups in total. The average Bonchev–Trinajstić information content (AvgIpc) is 2.70. The molecular formula is C13H24N4O. The molecule has 1 aliphatic heterocycles. The van der Waals surface area contributed by atoms with Crippen molar-refractivity contribution in [2.45, 2.75) is 39.0 Å². The summed E-state index contributed by atoms with van der Waals surface area (Å²) in [4.78, 5) is 2.40. The first-order chi connectivity index (χ1) is 8.60.